The average Bonchev–Trinajstić information content (AvgIpc) is 2.03. The molecule has 0 aromatic heterocycles. The van der Waals surface area contributed by atoms with Crippen molar-refractivity contribution in [3.8, 4) is 0 Å². The van der Waals surface area contributed by atoms with Gasteiger partial charge in [0.05, 0.1) is 6.10 Å². The molecule has 0 bridgehead atoms. The topological polar surface area (TPSA) is 9.23 Å². The van der Waals surface area contributed by atoms with Crippen molar-refractivity contribution >= 4 is 0 Å². The SMILES string of the molecule is CC(C)CCOC1CCCC(C)C1. The van der Waals surface area contributed by atoms with Crippen LogP contribution < -0.4 is 0 Å². The van der Waals surface area contributed by atoms with Crippen molar-refractivity contribution < 1.29 is 4.74 Å². The van der Waals surface area contributed by atoms with Crippen molar-refractivity contribution in [2.24, 2.45) is 11.8 Å². The highest BCUT2D eigenvalue weighted by Gasteiger charge is 2.18. The third-order valence-electron chi connectivity index (χ3n) is 2.94. The van der Waals surface area contributed by atoms with Gasteiger partial charge in [0.2, 0.25) is 0 Å². The molecule has 1 nitrogen and oxygen atoms in total. The van der Waals surface area contributed by atoms with Gasteiger partial charge in [-0.3, -0.25) is 0 Å². The molecule has 1 saturated carbocycles. The fraction of sp³-hybridized carbons (Fsp3) is 1.00. The highest BCUT2D eigenvalue weighted by atomic mass is 16.5. The molecule has 1 aliphatic carbocycles. The Morgan fingerprint density at radius 2 is 2.08 bits per heavy atom. The largest absolute Gasteiger partial charge is 0.378 e. The third-order valence-corrected chi connectivity index (χ3v) is 2.94. The van der Waals surface area contributed by atoms with Gasteiger partial charge in [-0.2, -0.15) is 0 Å². The highest BCUT2D eigenvalue weighted by Crippen LogP contribution is 2.25. The number of ether oxygens (including phenoxy) is 1. The van der Waals surface area contributed by atoms with Crippen molar-refractivity contribution in [3.63, 3.8) is 0 Å². The van der Waals surface area contributed by atoms with Crippen molar-refractivity contribution in [2.75, 3.05) is 6.61 Å². The van der Waals surface area contributed by atoms with E-state index in [1.807, 2.05) is 0 Å². The molecule has 2 atom stereocenters. The molecule has 0 aromatic carbocycles. The van der Waals surface area contributed by atoms with Crippen LogP contribution in [0.3, 0.4) is 0 Å². The first-order valence-electron chi connectivity index (χ1n) is 5.80. The van der Waals surface area contributed by atoms with Crippen LogP contribution in [-0.4, -0.2) is 12.7 Å². The van der Waals surface area contributed by atoms with E-state index in [-0.39, 0.29) is 0 Å². The molecule has 13 heavy (non-hydrogen) atoms. The number of rotatable bonds is 4. The molecule has 0 aromatic rings. The zero-order valence-electron chi connectivity index (χ0n) is 9.38. The minimum atomic E-state index is 0.572. The lowest BCUT2D eigenvalue weighted by atomic mass is 9.89. The van der Waals surface area contributed by atoms with Crippen molar-refractivity contribution in [3.05, 3.63) is 0 Å². The van der Waals surface area contributed by atoms with Gasteiger partial charge in [-0.25, -0.2) is 0 Å². The first-order chi connectivity index (χ1) is 6.18. The Morgan fingerprint density at radius 3 is 2.69 bits per heavy atom. The average molecular weight is 184 g/mol. The van der Waals surface area contributed by atoms with Gasteiger partial charge in [-0.15, -0.1) is 0 Å². The molecule has 1 rings (SSSR count). The van der Waals surface area contributed by atoms with E-state index >= 15 is 0 Å². The molecule has 0 aliphatic heterocycles. The fourth-order valence-electron chi connectivity index (χ4n) is 2.00. The van der Waals surface area contributed by atoms with Gasteiger partial charge < -0.3 is 4.74 Å². The van der Waals surface area contributed by atoms with E-state index in [4.69, 9.17) is 4.74 Å². The number of hydrogen-bond donors (Lipinski definition) is 0. The Hall–Kier alpha value is -0.0400. The summed E-state index contributed by atoms with van der Waals surface area (Å²) in [5, 5.41) is 0. The maximum Gasteiger partial charge on any atom is 0.0577 e. The first-order valence-corrected chi connectivity index (χ1v) is 5.80. The lowest BCUT2D eigenvalue weighted by Gasteiger charge is -2.27. The van der Waals surface area contributed by atoms with Crippen molar-refractivity contribution in [1.82, 2.24) is 0 Å². The molecule has 0 spiro atoms. The van der Waals surface area contributed by atoms with Crippen LogP contribution in [0.4, 0.5) is 0 Å². The summed E-state index contributed by atoms with van der Waals surface area (Å²) >= 11 is 0. The Bertz CT molecular complexity index is 131. The third kappa shape index (κ3) is 4.66. The molecule has 0 saturated heterocycles. The van der Waals surface area contributed by atoms with E-state index in [0.29, 0.717) is 6.10 Å². The first kappa shape index (κ1) is 11.0. The summed E-state index contributed by atoms with van der Waals surface area (Å²) in [6.07, 6.45) is 7.14. The summed E-state index contributed by atoms with van der Waals surface area (Å²) in [6, 6.07) is 0. The second-order valence-electron chi connectivity index (χ2n) is 4.95. The monoisotopic (exact) mass is 184 g/mol. The summed E-state index contributed by atoms with van der Waals surface area (Å²) in [6.45, 7) is 7.83. The van der Waals surface area contributed by atoms with Crippen LogP contribution in [0, 0.1) is 11.8 Å². The smallest absolute Gasteiger partial charge is 0.0577 e. The minimum absolute atomic E-state index is 0.572. The Labute approximate surface area is 82.9 Å². The molecule has 2 unspecified atom stereocenters. The molecule has 1 heteroatoms. The molecule has 0 N–H and O–H groups in total. The quantitative estimate of drug-likeness (QED) is 0.648. The summed E-state index contributed by atoms with van der Waals surface area (Å²) < 4.78 is 5.86. The van der Waals surface area contributed by atoms with Gasteiger partial charge in [0.15, 0.2) is 0 Å². The maximum atomic E-state index is 5.86. The second-order valence-corrected chi connectivity index (χ2v) is 4.95. The van der Waals surface area contributed by atoms with Crippen LogP contribution in [0.25, 0.3) is 0 Å². The van der Waals surface area contributed by atoms with Gasteiger partial charge >= 0.3 is 0 Å². The fourth-order valence-corrected chi connectivity index (χ4v) is 2.00. The lowest BCUT2D eigenvalue weighted by Crippen LogP contribution is -2.22. The van der Waals surface area contributed by atoms with Gasteiger partial charge in [-0.1, -0.05) is 33.6 Å². The zero-order valence-corrected chi connectivity index (χ0v) is 9.38. The zero-order chi connectivity index (χ0) is 9.68. The minimum Gasteiger partial charge on any atom is -0.378 e. The van der Waals surface area contributed by atoms with E-state index in [9.17, 15) is 0 Å². The van der Waals surface area contributed by atoms with Crippen LogP contribution in [0.1, 0.15) is 52.9 Å². The molecule has 1 fully saturated rings. The summed E-state index contributed by atoms with van der Waals surface area (Å²) in [4.78, 5) is 0. The summed E-state index contributed by atoms with van der Waals surface area (Å²) in [5.41, 5.74) is 0. The van der Waals surface area contributed by atoms with Crippen LogP contribution in [0.2, 0.25) is 0 Å². The van der Waals surface area contributed by atoms with Gasteiger partial charge in [0.25, 0.3) is 0 Å². The van der Waals surface area contributed by atoms with Crippen LogP contribution >= 0.6 is 0 Å². The Kier molecular flexibility index (Phi) is 4.79. The number of hydrogen-bond acceptors (Lipinski definition) is 1. The predicted molar refractivity (Wildman–Crippen MR) is 56.8 cm³/mol. The Morgan fingerprint density at radius 1 is 1.31 bits per heavy atom. The van der Waals surface area contributed by atoms with Crippen LogP contribution in [0.5, 0.6) is 0 Å². The second kappa shape index (κ2) is 5.64. The maximum absolute atomic E-state index is 5.86. The predicted octanol–water partition coefficient (Wildman–Crippen LogP) is 3.63. The summed E-state index contributed by atoms with van der Waals surface area (Å²) in [7, 11) is 0. The van der Waals surface area contributed by atoms with Crippen LogP contribution in [0.15, 0.2) is 0 Å². The molecule has 1 aliphatic rings. The molecular formula is C12H24O. The normalized spacial score (nSPS) is 29.5. The standard InChI is InChI=1S/C12H24O/c1-10(2)7-8-13-12-6-4-5-11(3)9-12/h10-12H,4-9H2,1-3H3. The van der Waals surface area contributed by atoms with E-state index in [2.05, 4.69) is 20.8 Å². The summed E-state index contributed by atoms with van der Waals surface area (Å²) in [5.74, 6) is 1.67. The van der Waals surface area contributed by atoms with E-state index in [1.165, 1.54) is 32.1 Å². The van der Waals surface area contributed by atoms with Gasteiger partial charge in [-0.05, 0) is 31.1 Å². The van der Waals surface area contributed by atoms with Gasteiger partial charge in [0.1, 0.15) is 0 Å². The molecule has 78 valence electrons. The molecule has 0 heterocycles. The van der Waals surface area contributed by atoms with Crippen molar-refractivity contribution in [1.29, 1.82) is 0 Å². The lowest BCUT2D eigenvalue weighted by molar-refractivity contribution is 0.0107. The van der Waals surface area contributed by atoms with E-state index in [0.717, 1.165) is 18.4 Å². The van der Waals surface area contributed by atoms with Gasteiger partial charge in [0, 0.05) is 6.61 Å². The molecule has 0 amide bonds. The Balaban J connectivity index is 2.06. The van der Waals surface area contributed by atoms with Crippen molar-refractivity contribution in [2.45, 2.75) is 59.0 Å². The molecular weight excluding hydrogens is 160 g/mol. The van der Waals surface area contributed by atoms with Crippen LogP contribution in [-0.2, 0) is 4.74 Å². The molecule has 0 radical (unpaired) electrons. The highest BCUT2D eigenvalue weighted by molar-refractivity contribution is 4.70. The van der Waals surface area contributed by atoms with E-state index < -0.39 is 0 Å². The van der Waals surface area contributed by atoms with E-state index in [1.54, 1.807) is 0 Å².